The van der Waals surface area contributed by atoms with Crippen LogP contribution >= 0.6 is 11.6 Å². The van der Waals surface area contributed by atoms with Gasteiger partial charge >= 0.3 is 6.09 Å². The molecule has 2 aromatic carbocycles. The predicted molar refractivity (Wildman–Crippen MR) is 134 cm³/mol. The molecule has 1 aliphatic rings. The van der Waals surface area contributed by atoms with Crippen LogP contribution in [-0.2, 0) is 17.6 Å². The number of carbonyl (C=O) groups is 2. The van der Waals surface area contributed by atoms with E-state index in [1.807, 2.05) is 18.2 Å². The zero-order valence-corrected chi connectivity index (χ0v) is 20.4. The van der Waals surface area contributed by atoms with Crippen LogP contribution in [0.3, 0.4) is 0 Å². The van der Waals surface area contributed by atoms with Crippen LogP contribution in [-0.4, -0.2) is 28.6 Å². The molecule has 3 N–H and O–H groups in total. The van der Waals surface area contributed by atoms with Crippen molar-refractivity contribution in [1.29, 1.82) is 0 Å². The van der Waals surface area contributed by atoms with Crippen LogP contribution < -0.4 is 16.0 Å². The van der Waals surface area contributed by atoms with E-state index >= 15 is 0 Å². The molecular formula is C26H26ClFN4O3. The van der Waals surface area contributed by atoms with Crippen LogP contribution in [0.25, 0.3) is 0 Å². The fourth-order valence-electron chi connectivity index (χ4n) is 3.87. The molecule has 3 aromatic rings. The lowest BCUT2D eigenvalue weighted by atomic mass is 10.1. The second-order valence-electron chi connectivity index (χ2n) is 9.38. The number of ether oxygens (including phenoxy) is 1. The number of nitrogens with zero attached hydrogens (tertiary/aromatic N) is 1. The van der Waals surface area contributed by atoms with Crippen LogP contribution in [0, 0.1) is 5.82 Å². The first-order valence-electron chi connectivity index (χ1n) is 11.2. The number of anilines is 3. The maximum atomic E-state index is 13.6. The van der Waals surface area contributed by atoms with Crippen LogP contribution in [0.15, 0.2) is 54.6 Å². The summed E-state index contributed by atoms with van der Waals surface area (Å²) in [4.78, 5) is 29.8. The van der Waals surface area contributed by atoms with Crippen LogP contribution in [0.1, 0.15) is 42.4 Å². The molecule has 0 bridgehead atoms. The number of nitrogens with one attached hydrogen (secondary N) is 3. The maximum Gasteiger partial charge on any atom is 0.412 e. The molecule has 35 heavy (non-hydrogen) atoms. The summed E-state index contributed by atoms with van der Waals surface area (Å²) in [5, 5.41) is 9.28. The molecule has 1 aliphatic carbocycles. The molecule has 1 atom stereocenters. The summed E-state index contributed by atoms with van der Waals surface area (Å²) in [5.74, 6) is -0.559. The Bertz CT molecular complexity index is 1280. The minimum absolute atomic E-state index is 0.0893. The van der Waals surface area contributed by atoms with E-state index in [4.69, 9.17) is 16.3 Å². The summed E-state index contributed by atoms with van der Waals surface area (Å²) >= 11 is 6.09. The predicted octanol–water partition coefficient (Wildman–Crippen LogP) is 5.86. The number of aromatic nitrogens is 1. The smallest absolute Gasteiger partial charge is 0.412 e. The number of carbonyl (C=O) groups excluding carboxylic acids is 2. The van der Waals surface area contributed by atoms with Gasteiger partial charge in [-0.05, 0) is 81.1 Å². The lowest BCUT2D eigenvalue weighted by Gasteiger charge is -2.20. The van der Waals surface area contributed by atoms with Gasteiger partial charge in [0.2, 0.25) is 0 Å². The molecule has 0 fully saturated rings. The van der Waals surface area contributed by atoms with Gasteiger partial charge in [-0.3, -0.25) is 10.1 Å². The van der Waals surface area contributed by atoms with E-state index in [2.05, 4.69) is 20.9 Å². The van der Waals surface area contributed by atoms with Crippen molar-refractivity contribution in [1.82, 2.24) is 10.3 Å². The third kappa shape index (κ3) is 6.70. The van der Waals surface area contributed by atoms with E-state index in [0.717, 1.165) is 11.1 Å². The Morgan fingerprint density at radius 2 is 1.80 bits per heavy atom. The van der Waals surface area contributed by atoms with E-state index in [0.29, 0.717) is 29.2 Å². The van der Waals surface area contributed by atoms with Gasteiger partial charge in [0.15, 0.2) is 0 Å². The molecule has 0 saturated carbocycles. The summed E-state index contributed by atoms with van der Waals surface area (Å²) in [5.41, 5.74) is 2.39. The van der Waals surface area contributed by atoms with Crippen molar-refractivity contribution < 1.29 is 18.7 Å². The van der Waals surface area contributed by atoms with Gasteiger partial charge in [0.1, 0.15) is 22.9 Å². The van der Waals surface area contributed by atoms with Crippen molar-refractivity contribution in [3.8, 4) is 0 Å². The van der Waals surface area contributed by atoms with Crippen LogP contribution in [0.2, 0.25) is 5.02 Å². The molecule has 2 amide bonds. The topological polar surface area (TPSA) is 92.3 Å². The Balaban J connectivity index is 1.55. The van der Waals surface area contributed by atoms with Crippen molar-refractivity contribution in [2.24, 2.45) is 0 Å². The Morgan fingerprint density at radius 3 is 2.54 bits per heavy atom. The highest BCUT2D eigenvalue weighted by molar-refractivity contribution is 6.30. The summed E-state index contributed by atoms with van der Waals surface area (Å²) in [7, 11) is 0. The number of fused-ring (bicyclic) bond motifs is 1. The zero-order chi connectivity index (χ0) is 25.2. The first-order chi connectivity index (χ1) is 16.5. The molecule has 7 nitrogen and oxygen atoms in total. The molecule has 1 heterocycles. The number of halogens is 2. The summed E-state index contributed by atoms with van der Waals surface area (Å²) in [6, 6.07) is 14.5. The highest BCUT2D eigenvalue weighted by atomic mass is 35.5. The molecule has 9 heteroatoms. The number of hydrogen-bond donors (Lipinski definition) is 3. The molecule has 0 saturated heterocycles. The maximum absolute atomic E-state index is 13.6. The minimum atomic E-state index is -0.694. The van der Waals surface area contributed by atoms with Gasteiger partial charge in [0, 0.05) is 22.8 Å². The van der Waals surface area contributed by atoms with Crippen LogP contribution in [0.5, 0.6) is 0 Å². The largest absolute Gasteiger partial charge is 0.444 e. The lowest BCUT2D eigenvalue weighted by Crippen LogP contribution is -2.36. The number of rotatable bonds is 5. The van der Waals surface area contributed by atoms with Gasteiger partial charge < -0.3 is 15.4 Å². The number of amides is 2. The third-order valence-electron chi connectivity index (χ3n) is 5.24. The molecule has 4 rings (SSSR count). The number of hydrogen-bond acceptors (Lipinski definition) is 5. The third-order valence-corrected chi connectivity index (χ3v) is 5.47. The van der Waals surface area contributed by atoms with E-state index in [1.165, 1.54) is 18.2 Å². The standard InChI is InChI=1S/C26H26ClFN4O3/c1-26(2,3)35-25(34)31-21-13-22(32-23(14-21)29-19-6-4-5-18(28)12-19)24(33)30-20-10-15-7-8-17(27)9-16(15)11-20/h4-9,12-14,20H,10-11H2,1-3H3,(H,30,33)(H2,29,31,32,34). The molecule has 1 unspecified atom stereocenters. The van der Waals surface area contributed by atoms with Gasteiger partial charge in [-0.25, -0.2) is 14.2 Å². The SMILES string of the molecule is CC(C)(C)OC(=O)Nc1cc(Nc2cccc(F)c2)nc(C(=O)NC2Cc3ccc(Cl)cc3C2)c1. The molecule has 0 radical (unpaired) electrons. The molecular weight excluding hydrogens is 471 g/mol. The van der Waals surface area contributed by atoms with Gasteiger partial charge in [-0.15, -0.1) is 0 Å². The van der Waals surface area contributed by atoms with E-state index in [1.54, 1.807) is 39.0 Å². The molecule has 0 aliphatic heterocycles. The molecule has 0 spiro atoms. The van der Waals surface area contributed by atoms with Crippen LogP contribution in [0.4, 0.5) is 26.4 Å². The second-order valence-corrected chi connectivity index (χ2v) is 9.82. The Kier molecular flexibility index (Phi) is 6.93. The first-order valence-corrected chi connectivity index (χ1v) is 11.5. The van der Waals surface area contributed by atoms with Crippen molar-refractivity contribution in [2.75, 3.05) is 10.6 Å². The minimum Gasteiger partial charge on any atom is -0.444 e. The monoisotopic (exact) mass is 496 g/mol. The Morgan fingerprint density at radius 1 is 1.03 bits per heavy atom. The average Bonchev–Trinajstić information content (AvgIpc) is 3.13. The number of pyridine rings is 1. The average molecular weight is 497 g/mol. The quantitative estimate of drug-likeness (QED) is 0.411. The normalized spacial score (nSPS) is 14.7. The van der Waals surface area contributed by atoms with E-state index < -0.39 is 23.4 Å². The van der Waals surface area contributed by atoms with Crippen molar-refractivity contribution in [3.63, 3.8) is 0 Å². The van der Waals surface area contributed by atoms with Gasteiger partial charge in [-0.1, -0.05) is 23.7 Å². The van der Waals surface area contributed by atoms with Crippen molar-refractivity contribution in [2.45, 2.75) is 45.3 Å². The molecule has 1 aromatic heterocycles. The fourth-order valence-corrected chi connectivity index (χ4v) is 4.06. The van der Waals surface area contributed by atoms with E-state index in [9.17, 15) is 14.0 Å². The lowest BCUT2D eigenvalue weighted by molar-refractivity contribution is 0.0635. The number of benzene rings is 2. The Hall–Kier alpha value is -3.65. The zero-order valence-electron chi connectivity index (χ0n) is 19.6. The van der Waals surface area contributed by atoms with Gasteiger partial charge in [0.25, 0.3) is 5.91 Å². The van der Waals surface area contributed by atoms with Crippen molar-refractivity contribution >= 4 is 40.8 Å². The molecule has 182 valence electrons. The Labute approximate surface area is 208 Å². The van der Waals surface area contributed by atoms with Gasteiger partial charge in [0.05, 0.1) is 5.69 Å². The highest BCUT2D eigenvalue weighted by Gasteiger charge is 2.25. The van der Waals surface area contributed by atoms with Gasteiger partial charge in [-0.2, -0.15) is 0 Å². The summed E-state index contributed by atoms with van der Waals surface area (Å²) < 4.78 is 19.0. The fraction of sp³-hybridized carbons (Fsp3) is 0.269. The van der Waals surface area contributed by atoms with Crippen molar-refractivity contribution in [3.05, 3.63) is 82.3 Å². The highest BCUT2D eigenvalue weighted by Crippen LogP contribution is 2.26. The van der Waals surface area contributed by atoms with E-state index in [-0.39, 0.29) is 17.6 Å². The summed E-state index contributed by atoms with van der Waals surface area (Å²) in [6.45, 7) is 5.26. The first kappa shape index (κ1) is 24.5. The second kappa shape index (κ2) is 9.92. The summed E-state index contributed by atoms with van der Waals surface area (Å²) in [6.07, 6.45) is 0.670.